The van der Waals surface area contributed by atoms with Gasteiger partial charge in [0, 0.05) is 13.1 Å². The van der Waals surface area contributed by atoms with Crippen LogP contribution in [0.5, 0.6) is 0 Å². The van der Waals surface area contributed by atoms with Crippen LogP contribution in [0, 0.1) is 5.82 Å². The van der Waals surface area contributed by atoms with Gasteiger partial charge in [0.25, 0.3) is 5.91 Å². The van der Waals surface area contributed by atoms with E-state index in [1.807, 2.05) is 5.32 Å². The molecule has 2 heterocycles. The van der Waals surface area contributed by atoms with E-state index in [-0.39, 0.29) is 49.1 Å². The van der Waals surface area contributed by atoms with E-state index in [1.165, 1.54) is 12.1 Å². The fourth-order valence-corrected chi connectivity index (χ4v) is 4.20. The maximum Gasteiger partial charge on any atom is 0.414 e. The highest BCUT2D eigenvalue weighted by Gasteiger charge is 2.34. The highest BCUT2D eigenvalue weighted by atomic mass is 32.2. The van der Waals surface area contributed by atoms with E-state index in [9.17, 15) is 31.2 Å². The number of anilines is 2. The van der Waals surface area contributed by atoms with Gasteiger partial charge in [-0.2, -0.15) is 8.78 Å². The summed E-state index contributed by atoms with van der Waals surface area (Å²) in [6.45, 7) is 0.0316. The molecule has 2 fully saturated rings. The number of sulfone groups is 1. The van der Waals surface area contributed by atoms with Gasteiger partial charge < -0.3 is 15.0 Å². The van der Waals surface area contributed by atoms with Gasteiger partial charge in [-0.25, -0.2) is 17.6 Å². The fourth-order valence-electron chi connectivity index (χ4n) is 3.00. The molecule has 1 aromatic carbocycles. The Bertz CT molecular complexity index is 866. The SMILES string of the molecule is O=C(NCC1CN(c2ccc(N3CCS(=O)(=O)CC3)c(F)c2)C(=O)O1)C(F)F. The second-order valence-corrected chi connectivity index (χ2v) is 8.74. The van der Waals surface area contributed by atoms with Gasteiger partial charge >= 0.3 is 12.5 Å². The third-order valence-corrected chi connectivity index (χ3v) is 6.11. The van der Waals surface area contributed by atoms with Gasteiger partial charge in [0.2, 0.25) is 0 Å². The van der Waals surface area contributed by atoms with Crippen LogP contribution in [0.25, 0.3) is 0 Å². The third-order valence-electron chi connectivity index (χ3n) is 4.50. The number of nitrogens with zero attached hydrogens (tertiary/aromatic N) is 2. The molecular weight excluding hydrogens is 403 g/mol. The van der Waals surface area contributed by atoms with Crippen molar-refractivity contribution < 1.29 is 35.9 Å². The first-order valence-electron chi connectivity index (χ1n) is 8.45. The molecule has 8 nitrogen and oxygen atoms in total. The minimum Gasteiger partial charge on any atom is -0.442 e. The molecule has 154 valence electrons. The lowest BCUT2D eigenvalue weighted by molar-refractivity contribution is -0.132. The number of amides is 2. The highest BCUT2D eigenvalue weighted by molar-refractivity contribution is 7.91. The van der Waals surface area contributed by atoms with Crippen molar-refractivity contribution in [3.05, 3.63) is 24.0 Å². The molecule has 28 heavy (non-hydrogen) atoms. The van der Waals surface area contributed by atoms with Crippen molar-refractivity contribution in [2.75, 3.05) is 47.5 Å². The Labute approximate surface area is 159 Å². The summed E-state index contributed by atoms with van der Waals surface area (Å²) in [4.78, 5) is 25.6. The van der Waals surface area contributed by atoms with Crippen LogP contribution < -0.4 is 15.1 Å². The molecule has 1 atom stereocenters. The molecule has 2 saturated heterocycles. The number of nitrogens with one attached hydrogen (secondary N) is 1. The first kappa shape index (κ1) is 20.2. The minimum atomic E-state index is -3.17. The summed E-state index contributed by atoms with van der Waals surface area (Å²) >= 11 is 0. The van der Waals surface area contributed by atoms with E-state index in [2.05, 4.69) is 0 Å². The van der Waals surface area contributed by atoms with Crippen molar-refractivity contribution in [3.63, 3.8) is 0 Å². The molecule has 3 rings (SSSR count). The molecular formula is C16H18F3N3O5S. The molecule has 1 N–H and O–H groups in total. The standard InChI is InChI=1S/C16H18F3N3O5S/c17-12-7-10(1-2-13(12)21-3-5-28(25,26)6-4-21)22-9-11(27-16(22)24)8-20-15(23)14(18)19/h1-2,7,11,14H,3-6,8-9H2,(H,20,23). The molecule has 0 aliphatic carbocycles. The third kappa shape index (κ3) is 4.49. The Morgan fingerprint density at radius 1 is 1.29 bits per heavy atom. The Morgan fingerprint density at radius 2 is 1.96 bits per heavy atom. The number of benzene rings is 1. The second kappa shape index (κ2) is 7.86. The van der Waals surface area contributed by atoms with Crippen LogP contribution in [0.2, 0.25) is 0 Å². The molecule has 1 unspecified atom stereocenters. The molecule has 0 aromatic heterocycles. The van der Waals surface area contributed by atoms with Crippen LogP contribution in [0.3, 0.4) is 0 Å². The predicted molar refractivity (Wildman–Crippen MR) is 93.9 cm³/mol. The van der Waals surface area contributed by atoms with Crippen LogP contribution >= 0.6 is 0 Å². The number of rotatable bonds is 5. The first-order valence-corrected chi connectivity index (χ1v) is 10.3. The van der Waals surface area contributed by atoms with E-state index >= 15 is 0 Å². The molecule has 2 aliphatic rings. The van der Waals surface area contributed by atoms with Crippen molar-refractivity contribution in [1.82, 2.24) is 5.32 Å². The van der Waals surface area contributed by atoms with Gasteiger partial charge in [-0.15, -0.1) is 0 Å². The fraction of sp³-hybridized carbons (Fsp3) is 0.500. The van der Waals surface area contributed by atoms with Crippen molar-refractivity contribution in [2.45, 2.75) is 12.5 Å². The number of ether oxygens (including phenoxy) is 1. The van der Waals surface area contributed by atoms with Gasteiger partial charge in [0.1, 0.15) is 11.9 Å². The summed E-state index contributed by atoms with van der Waals surface area (Å²) in [7, 11) is -3.10. The molecule has 2 aliphatic heterocycles. The number of halogens is 3. The van der Waals surface area contributed by atoms with Crippen LogP contribution in [0.15, 0.2) is 18.2 Å². The predicted octanol–water partition coefficient (Wildman–Crippen LogP) is 0.767. The zero-order chi connectivity index (χ0) is 20.5. The van der Waals surface area contributed by atoms with E-state index in [1.54, 1.807) is 4.90 Å². The lowest BCUT2D eigenvalue weighted by Gasteiger charge is -2.29. The van der Waals surface area contributed by atoms with Gasteiger partial charge in [0.15, 0.2) is 9.84 Å². The summed E-state index contributed by atoms with van der Waals surface area (Å²) in [5.74, 6) is -2.20. The maximum absolute atomic E-state index is 14.5. The van der Waals surface area contributed by atoms with Crippen LogP contribution in [0.4, 0.5) is 29.3 Å². The van der Waals surface area contributed by atoms with Crippen molar-refractivity contribution >= 4 is 33.2 Å². The number of alkyl halides is 2. The van der Waals surface area contributed by atoms with Gasteiger partial charge in [-0.05, 0) is 18.2 Å². The van der Waals surface area contributed by atoms with Gasteiger partial charge in [-0.3, -0.25) is 9.69 Å². The monoisotopic (exact) mass is 421 g/mol. The topological polar surface area (TPSA) is 96.0 Å². The van der Waals surface area contributed by atoms with Crippen LogP contribution in [0.1, 0.15) is 0 Å². The first-order chi connectivity index (χ1) is 13.2. The molecule has 2 amide bonds. The van der Waals surface area contributed by atoms with Crippen LogP contribution in [-0.4, -0.2) is 70.6 Å². The summed E-state index contributed by atoms with van der Waals surface area (Å²) < 4.78 is 66.9. The average molecular weight is 421 g/mol. The number of hydrogen-bond acceptors (Lipinski definition) is 6. The van der Waals surface area contributed by atoms with Crippen LogP contribution in [-0.2, 0) is 19.4 Å². The molecule has 1 aromatic rings. The second-order valence-electron chi connectivity index (χ2n) is 6.44. The molecule has 0 radical (unpaired) electrons. The smallest absolute Gasteiger partial charge is 0.414 e. The highest BCUT2D eigenvalue weighted by Crippen LogP contribution is 2.28. The van der Waals surface area contributed by atoms with Crippen molar-refractivity contribution in [1.29, 1.82) is 0 Å². The van der Waals surface area contributed by atoms with Gasteiger partial charge in [-0.1, -0.05) is 0 Å². The molecule has 0 bridgehead atoms. The minimum absolute atomic E-state index is 0.0386. The Balaban J connectivity index is 1.65. The summed E-state index contributed by atoms with van der Waals surface area (Å²) in [6.07, 6.45) is -4.79. The van der Waals surface area contributed by atoms with E-state index in [0.717, 1.165) is 11.0 Å². The van der Waals surface area contributed by atoms with E-state index in [4.69, 9.17) is 4.74 Å². The number of carbonyl (C=O) groups excluding carboxylic acids is 2. The average Bonchev–Trinajstić information content (AvgIpc) is 3.00. The van der Waals surface area contributed by atoms with E-state index in [0.29, 0.717) is 0 Å². The Kier molecular flexibility index (Phi) is 5.68. The largest absolute Gasteiger partial charge is 0.442 e. The summed E-state index contributed by atoms with van der Waals surface area (Å²) in [6, 6.07) is 4.06. The Hall–Kier alpha value is -2.50. The normalized spacial score (nSPS) is 21.7. The lowest BCUT2D eigenvalue weighted by atomic mass is 10.2. The quantitative estimate of drug-likeness (QED) is 0.755. The Morgan fingerprint density at radius 3 is 2.57 bits per heavy atom. The van der Waals surface area contributed by atoms with E-state index < -0.39 is 40.2 Å². The maximum atomic E-state index is 14.5. The summed E-state index contributed by atoms with van der Waals surface area (Å²) in [5.41, 5.74) is 0.436. The molecule has 12 heteroatoms. The molecule has 0 saturated carbocycles. The lowest BCUT2D eigenvalue weighted by Crippen LogP contribution is -2.40. The van der Waals surface area contributed by atoms with Gasteiger partial charge in [0.05, 0.1) is 36.0 Å². The summed E-state index contributed by atoms with van der Waals surface area (Å²) in [5, 5.41) is 1.96. The number of carbonyl (C=O) groups is 2. The number of cyclic esters (lactones) is 1. The van der Waals surface area contributed by atoms with Crippen molar-refractivity contribution in [3.8, 4) is 0 Å². The zero-order valence-electron chi connectivity index (χ0n) is 14.6. The zero-order valence-corrected chi connectivity index (χ0v) is 15.4. The molecule has 0 spiro atoms. The van der Waals surface area contributed by atoms with Crippen molar-refractivity contribution in [2.24, 2.45) is 0 Å². The number of hydrogen-bond donors (Lipinski definition) is 1.